The van der Waals surface area contributed by atoms with E-state index in [0.717, 1.165) is 5.56 Å². The molecule has 194 valence electrons. The van der Waals surface area contributed by atoms with Gasteiger partial charge in [-0.3, -0.25) is 14.2 Å². The number of ether oxygens (including phenoxy) is 1. The zero-order chi connectivity index (χ0) is 26.6. The number of rotatable bonds is 8. The van der Waals surface area contributed by atoms with Gasteiger partial charge in [-0.2, -0.15) is 0 Å². The van der Waals surface area contributed by atoms with Crippen LogP contribution < -0.4 is 10.6 Å². The molecule has 12 nitrogen and oxygen atoms in total. The van der Waals surface area contributed by atoms with Gasteiger partial charge in [0.15, 0.2) is 29.3 Å². The van der Waals surface area contributed by atoms with Crippen LogP contribution in [0.4, 0.5) is 5.82 Å². The highest BCUT2D eigenvalue weighted by Crippen LogP contribution is 2.32. The first-order valence-electron chi connectivity index (χ1n) is 11.9. The van der Waals surface area contributed by atoms with Crippen molar-refractivity contribution in [2.24, 2.45) is 0 Å². The summed E-state index contributed by atoms with van der Waals surface area (Å²) < 4.78 is 7.02. The monoisotopic (exact) mass is 516 g/mol. The molecule has 5 rings (SSSR count). The average molecular weight is 517 g/mol. The van der Waals surface area contributed by atoms with E-state index in [0.29, 0.717) is 12.0 Å². The molecule has 0 saturated carbocycles. The Kier molecular flexibility index (Phi) is 7.07. The normalized spacial score (nSPS) is 20.8. The fraction of sp³-hybridized carbons (Fsp3) is 0.231. The van der Waals surface area contributed by atoms with Crippen LogP contribution in [-0.4, -0.2) is 65.8 Å². The smallest absolute Gasteiger partial charge is 0.335 e. The van der Waals surface area contributed by atoms with Crippen LogP contribution in [0.2, 0.25) is 0 Å². The summed E-state index contributed by atoms with van der Waals surface area (Å²) >= 11 is 0. The van der Waals surface area contributed by atoms with Gasteiger partial charge in [0.05, 0.1) is 12.4 Å². The molecule has 2 amide bonds. The van der Waals surface area contributed by atoms with Crippen molar-refractivity contribution in [1.82, 2.24) is 24.8 Å². The van der Waals surface area contributed by atoms with E-state index < -0.39 is 42.3 Å². The Morgan fingerprint density at radius 1 is 0.974 bits per heavy atom. The molecule has 0 spiro atoms. The van der Waals surface area contributed by atoms with Gasteiger partial charge in [0, 0.05) is 12.0 Å². The third-order valence-corrected chi connectivity index (χ3v) is 6.23. The molecule has 2 aromatic heterocycles. The number of amides is 2. The molecule has 2 aromatic carbocycles. The second-order valence-corrected chi connectivity index (χ2v) is 8.72. The number of aliphatic carboxylic acids is 1. The summed E-state index contributed by atoms with van der Waals surface area (Å²) in [4.78, 5) is 49.7. The molecule has 0 radical (unpaired) electrons. The van der Waals surface area contributed by atoms with E-state index in [1.807, 2.05) is 30.3 Å². The predicted octanol–water partition coefficient (Wildman–Crippen LogP) is 1.54. The van der Waals surface area contributed by atoms with E-state index in [-0.39, 0.29) is 23.4 Å². The Hall–Kier alpha value is -4.68. The number of carbonyl (C=O) groups excluding carboxylic acids is 2. The summed E-state index contributed by atoms with van der Waals surface area (Å²) in [7, 11) is 0. The third kappa shape index (κ3) is 5.08. The van der Waals surface area contributed by atoms with Crippen molar-refractivity contribution in [2.45, 2.75) is 37.3 Å². The Labute approximate surface area is 216 Å². The first-order chi connectivity index (χ1) is 18.4. The first-order valence-corrected chi connectivity index (χ1v) is 11.9. The number of carbonyl (C=O) groups is 3. The van der Waals surface area contributed by atoms with E-state index in [4.69, 9.17) is 4.74 Å². The molecule has 1 aliphatic rings. The van der Waals surface area contributed by atoms with Crippen LogP contribution in [0.5, 0.6) is 0 Å². The van der Waals surface area contributed by atoms with E-state index in [2.05, 4.69) is 25.6 Å². The summed E-state index contributed by atoms with van der Waals surface area (Å²) in [6, 6.07) is 16.7. The number of fused-ring (bicyclic) bond motifs is 1. The van der Waals surface area contributed by atoms with Gasteiger partial charge in [0.25, 0.3) is 5.91 Å². The van der Waals surface area contributed by atoms with Crippen LogP contribution in [0, 0.1) is 0 Å². The lowest BCUT2D eigenvalue weighted by molar-refractivity contribution is -0.152. The zero-order valence-corrected chi connectivity index (χ0v) is 20.0. The molecule has 12 heteroatoms. The van der Waals surface area contributed by atoms with Gasteiger partial charge in [-0.25, -0.2) is 19.7 Å². The number of imidazole rings is 1. The molecule has 3 heterocycles. The Balaban J connectivity index is 1.34. The quantitative estimate of drug-likeness (QED) is 0.271. The minimum atomic E-state index is -1.51. The highest BCUT2D eigenvalue weighted by molar-refractivity contribution is 6.06. The molecule has 1 saturated heterocycles. The van der Waals surface area contributed by atoms with Crippen molar-refractivity contribution in [3.63, 3.8) is 0 Å². The topological polar surface area (TPSA) is 169 Å². The SMILES string of the molecule is O=C(CCc1ccccc1)N[C@H]1[C@@H](O)[C@@H](n2cnc3c(NC(=O)c4ccccc4)ncnc32)O[C@@H]1C(=O)O. The lowest BCUT2D eigenvalue weighted by atomic mass is 10.1. The van der Waals surface area contributed by atoms with E-state index >= 15 is 0 Å². The van der Waals surface area contributed by atoms with Crippen molar-refractivity contribution < 1.29 is 29.3 Å². The fourth-order valence-electron chi connectivity index (χ4n) is 4.33. The number of carboxylic acid groups (broad SMARTS) is 1. The van der Waals surface area contributed by atoms with Crippen LogP contribution in [-0.2, 0) is 20.7 Å². The minimum Gasteiger partial charge on any atom is -0.479 e. The number of anilines is 1. The molecule has 1 fully saturated rings. The number of nitrogens with one attached hydrogen (secondary N) is 2. The zero-order valence-electron chi connectivity index (χ0n) is 20.0. The van der Waals surface area contributed by atoms with Crippen LogP contribution in [0.15, 0.2) is 73.3 Å². The maximum atomic E-state index is 12.6. The number of hydrogen-bond donors (Lipinski definition) is 4. The van der Waals surface area contributed by atoms with E-state index in [9.17, 15) is 24.6 Å². The predicted molar refractivity (Wildman–Crippen MR) is 134 cm³/mol. The molecule has 4 N–H and O–H groups in total. The van der Waals surface area contributed by atoms with Crippen molar-refractivity contribution in [3.05, 3.63) is 84.4 Å². The largest absolute Gasteiger partial charge is 0.479 e. The molecule has 4 aromatic rings. The highest BCUT2D eigenvalue weighted by Gasteiger charge is 2.49. The molecule has 0 bridgehead atoms. The molecule has 0 unspecified atom stereocenters. The minimum absolute atomic E-state index is 0.107. The number of carboxylic acids is 1. The Morgan fingerprint density at radius 2 is 1.68 bits per heavy atom. The molecular weight excluding hydrogens is 492 g/mol. The van der Waals surface area contributed by atoms with Crippen LogP contribution >= 0.6 is 0 Å². The van der Waals surface area contributed by atoms with Crippen LogP contribution in [0.1, 0.15) is 28.6 Å². The second-order valence-electron chi connectivity index (χ2n) is 8.72. The molecular formula is C26H24N6O6. The van der Waals surface area contributed by atoms with Crippen molar-refractivity contribution in [1.29, 1.82) is 0 Å². The second kappa shape index (κ2) is 10.7. The maximum absolute atomic E-state index is 12.6. The van der Waals surface area contributed by atoms with Gasteiger partial charge < -0.3 is 25.6 Å². The standard InChI is InChI=1S/C26H24N6O6/c33-17(12-11-15-7-3-1-4-8-15)30-18-20(34)25(38-21(18)26(36)37)32-14-29-19-22(27-13-28-23(19)32)31-24(35)16-9-5-2-6-10-16/h1-10,13-14,18,20-21,25,34H,11-12H2,(H,30,33)(H,36,37)(H,27,28,31,35)/t18-,20+,21-,25-/m0/s1. The molecule has 38 heavy (non-hydrogen) atoms. The molecule has 4 atom stereocenters. The summed E-state index contributed by atoms with van der Waals surface area (Å²) in [6.45, 7) is 0. The van der Waals surface area contributed by atoms with Gasteiger partial charge in [-0.1, -0.05) is 48.5 Å². The van der Waals surface area contributed by atoms with Crippen molar-refractivity contribution in [3.8, 4) is 0 Å². The van der Waals surface area contributed by atoms with Crippen molar-refractivity contribution >= 4 is 34.8 Å². The van der Waals surface area contributed by atoms with E-state index in [1.54, 1.807) is 30.3 Å². The van der Waals surface area contributed by atoms with E-state index in [1.165, 1.54) is 17.2 Å². The number of aliphatic hydroxyl groups excluding tert-OH is 1. The number of hydrogen-bond acceptors (Lipinski definition) is 8. The Bertz CT molecular complexity index is 1460. The molecule has 1 aliphatic heterocycles. The number of benzene rings is 2. The fourth-order valence-corrected chi connectivity index (χ4v) is 4.33. The lowest BCUT2D eigenvalue weighted by Gasteiger charge is -2.20. The van der Waals surface area contributed by atoms with Gasteiger partial charge in [0.1, 0.15) is 12.4 Å². The van der Waals surface area contributed by atoms with Crippen molar-refractivity contribution in [2.75, 3.05) is 5.32 Å². The summed E-state index contributed by atoms with van der Waals surface area (Å²) in [5.41, 5.74) is 1.80. The summed E-state index contributed by atoms with van der Waals surface area (Å²) in [5.74, 6) is -2.02. The first kappa shape index (κ1) is 25.0. The summed E-state index contributed by atoms with van der Waals surface area (Å²) in [6.07, 6.45) is -1.07. The lowest BCUT2D eigenvalue weighted by Crippen LogP contribution is -2.49. The number of aromatic nitrogens is 4. The third-order valence-electron chi connectivity index (χ3n) is 6.23. The maximum Gasteiger partial charge on any atom is 0.335 e. The number of aryl methyl sites for hydroxylation is 1. The molecule has 0 aliphatic carbocycles. The van der Waals surface area contributed by atoms with Crippen LogP contribution in [0.3, 0.4) is 0 Å². The number of aliphatic hydroxyl groups is 1. The van der Waals surface area contributed by atoms with Gasteiger partial charge in [-0.05, 0) is 24.1 Å². The van der Waals surface area contributed by atoms with Gasteiger partial charge in [0.2, 0.25) is 5.91 Å². The summed E-state index contributed by atoms with van der Waals surface area (Å²) in [5, 5.41) is 26.0. The van der Waals surface area contributed by atoms with Gasteiger partial charge in [-0.15, -0.1) is 0 Å². The Morgan fingerprint density at radius 3 is 2.39 bits per heavy atom. The van der Waals surface area contributed by atoms with Gasteiger partial charge >= 0.3 is 5.97 Å². The highest BCUT2D eigenvalue weighted by atomic mass is 16.6. The number of nitrogens with zero attached hydrogens (tertiary/aromatic N) is 4. The van der Waals surface area contributed by atoms with Crippen LogP contribution in [0.25, 0.3) is 11.2 Å². The average Bonchev–Trinajstić information content (AvgIpc) is 3.50.